The first-order valence-electron chi connectivity index (χ1n) is 9.52. The zero-order chi connectivity index (χ0) is 20.3. The number of likely N-dealkylation sites (tertiary alicyclic amines) is 1. The second-order valence-corrected chi connectivity index (χ2v) is 9.00. The van der Waals surface area contributed by atoms with Crippen molar-refractivity contribution in [3.63, 3.8) is 0 Å². The van der Waals surface area contributed by atoms with Crippen molar-refractivity contribution in [2.24, 2.45) is 18.1 Å². The third kappa shape index (κ3) is 4.81. The molecule has 3 rings (SSSR count). The van der Waals surface area contributed by atoms with Crippen LogP contribution < -0.4 is 5.14 Å². The molecule has 1 amide bonds. The van der Waals surface area contributed by atoms with Gasteiger partial charge in [-0.1, -0.05) is 30.3 Å². The van der Waals surface area contributed by atoms with Gasteiger partial charge in [-0.3, -0.25) is 9.69 Å². The molecule has 1 aromatic heterocycles. The fraction of sp³-hybridized carbons (Fsp3) is 0.450. The van der Waals surface area contributed by atoms with Crippen LogP contribution in [0.15, 0.2) is 47.5 Å². The van der Waals surface area contributed by atoms with E-state index in [1.54, 1.807) is 11.9 Å². The average molecular weight is 405 g/mol. The van der Waals surface area contributed by atoms with E-state index in [9.17, 15) is 13.2 Å². The van der Waals surface area contributed by atoms with E-state index in [1.165, 1.54) is 22.4 Å². The van der Waals surface area contributed by atoms with E-state index >= 15 is 0 Å². The van der Waals surface area contributed by atoms with Crippen LogP contribution in [-0.4, -0.2) is 54.9 Å². The Labute approximate surface area is 166 Å². The summed E-state index contributed by atoms with van der Waals surface area (Å²) < 4.78 is 24.6. The summed E-state index contributed by atoms with van der Waals surface area (Å²) in [4.78, 5) is 17.1. The predicted octanol–water partition coefficient (Wildman–Crippen LogP) is 1.66. The number of carbonyl (C=O) groups is 1. The maximum atomic E-state index is 13.0. The van der Waals surface area contributed by atoms with Gasteiger partial charge in [-0.2, -0.15) is 0 Å². The number of rotatable bonds is 7. The third-order valence-corrected chi connectivity index (χ3v) is 6.17. The van der Waals surface area contributed by atoms with Crippen LogP contribution in [0.5, 0.6) is 0 Å². The molecular weight excluding hydrogens is 376 g/mol. The molecule has 1 atom stereocenters. The van der Waals surface area contributed by atoms with Crippen LogP contribution in [0.1, 0.15) is 29.4 Å². The number of sulfonamides is 1. The molecule has 2 N–H and O–H groups in total. The van der Waals surface area contributed by atoms with E-state index in [-0.39, 0.29) is 10.8 Å². The number of hydrogen-bond acceptors (Lipinski definition) is 4. The van der Waals surface area contributed by atoms with Crippen molar-refractivity contribution in [1.82, 2.24) is 14.4 Å². The second-order valence-electron chi connectivity index (χ2n) is 7.44. The lowest BCUT2D eigenvalue weighted by Crippen LogP contribution is -2.37. The quantitative estimate of drug-likeness (QED) is 0.760. The molecule has 2 heterocycles. The summed E-state index contributed by atoms with van der Waals surface area (Å²) in [6, 6.07) is 11.7. The topological polar surface area (TPSA) is 88.6 Å². The van der Waals surface area contributed by atoms with Crippen LogP contribution in [0.2, 0.25) is 0 Å². The number of amides is 1. The van der Waals surface area contributed by atoms with Crippen LogP contribution in [0.3, 0.4) is 0 Å². The summed E-state index contributed by atoms with van der Waals surface area (Å²) in [6.07, 6.45) is 2.43. The molecule has 8 heteroatoms. The molecule has 0 radical (unpaired) electrons. The minimum absolute atomic E-state index is 0.0377. The largest absolute Gasteiger partial charge is 0.345 e. The molecule has 28 heavy (non-hydrogen) atoms. The number of benzene rings is 1. The Bertz CT molecular complexity index is 924. The van der Waals surface area contributed by atoms with Gasteiger partial charge in [0.2, 0.25) is 10.0 Å². The van der Waals surface area contributed by atoms with Crippen molar-refractivity contribution in [1.29, 1.82) is 0 Å². The standard InChI is InChI=1S/C20H28N4O3S/c1-3-24(20(25)19-11-18(15-22(19)2)28(21,26)27)14-17-9-10-23(13-17)12-16-7-5-4-6-8-16/h4-8,11,15,17H,3,9-10,12-14H2,1-2H3,(H2,21,26,27)/t17-/m0/s1. The Morgan fingerprint density at radius 3 is 2.61 bits per heavy atom. The highest BCUT2D eigenvalue weighted by molar-refractivity contribution is 7.89. The van der Waals surface area contributed by atoms with E-state index in [2.05, 4.69) is 29.2 Å². The third-order valence-electron chi connectivity index (χ3n) is 5.29. The summed E-state index contributed by atoms with van der Waals surface area (Å²) in [5, 5.41) is 5.19. The van der Waals surface area contributed by atoms with Crippen LogP contribution in [-0.2, 0) is 23.6 Å². The van der Waals surface area contributed by atoms with Crippen molar-refractivity contribution >= 4 is 15.9 Å². The zero-order valence-electron chi connectivity index (χ0n) is 16.4. The molecule has 0 saturated carbocycles. The van der Waals surface area contributed by atoms with Crippen molar-refractivity contribution in [2.45, 2.75) is 24.8 Å². The number of aromatic nitrogens is 1. The number of hydrogen-bond donors (Lipinski definition) is 1. The Kier molecular flexibility index (Phi) is 6.22. The van der Waals surface area contributed by atoms with Gasteiger partial charge in [0.05, 0.1) is 0 Å². The molecule has 0 unspecified atom stereocenters. The lowest BCUT2D eigenvalue weighted by atomic mass is 10.1. The van der Waals surface area contributed by atoms with Crippen LogP contribution >= 0.6 is 0 Å². The summed E-state index contributed by atoms with van der Waals surface area (Å²) >= 11 is 0. The zero-order valence-corrected chi connectivity index (χ0v) is 17.2. The van der Waals surface area contributed by atoms with Gasteiger partial charge in [-0.25, -0.2) is 13.6 Å². The molecule has 1 aliphatic heterocycles. The Morgan fingerprint density at radius 2 is 2.00 bits per heavy atom. The van der Waals surface area contributed by atoms with Crippen LogP contribution in [0, 0.1) is 5.92 Å². The van der Waals surface area contributed by atoms with Gasteiger partial charge in [-0.15, -0.1) is 0 Å². The lowest BCUT2D eigenvalue weighted by molar-refractivity contribution is 0.0729. The van der Waals surface area contributed by atoms with Gasteiger partial charge in [0, 0.05) is 39.4 Å². The van der Waals surface area contributed by atoms with E-state index in [0.717, 1.165) is 26.1 Å². The SMILES string of the molecule is CCN(C[C@H]1CCN(Cc2ccccc2)C1)C(=O)c1cc(S(N)(=O)=O)cn1C. The first kappa shape index (κ1) is 20.6. The lowest BCUT2D eigenvalue weighted by Gasteiger charge is -2.25. The number of aryl methyl sites for hydroxylation is 1. The first-order chi connectivity index (χ1) is 13.3. The minimum atomic E-state index is -3.83. The molecule has 0 bridgehead atoms. The summed E-state index contributed by atoms with van der Waals surface area (Å²) in [7, 11) is -2.17. The predicted molar refractivity (Wildman–Crippen MR) is 108 cm³/mol. The van der Waals surface area contributed by atoms with Gasteiger partial charge in [0.15, 0.2) is 0 Å². The first-order valence-corrected chi connectivity index (χ1v) is 11.1. The highest BCUT2D eigenvalue weighted by atomic mass is 32.2. The fourth-order valence-corrected chi connectivity index (χ4v) is 4.36. The smallest absolute Gasteiger partial charge is 0.270 e. The second kappa shape index (κ2) is 8.46. The summed E-state index contributed by atoms with van der Waals surface area (Å²) in [5.41, 5.74) is 1.64. The molecule has 1 aromatic carbocycles. The summed E-state index contributed by atoms with van der Waals surface area (Å²) in [6.45, 7) is 6.07. The molecule has 0 aliphatic carbocycles. The maximum absolute atomic E-state index is 13.0. The monoisotopic (exact) mass is 404 g/mol. The fourth-order valence-electron chi connectivity index (χ4n) is 3.78. The molecule has 1 fully saturated rings. The number of nitrogens with two attached hydrogens (primary N) is 1. The molecule has 1 aliphatic rings. The molecular formula is C20H28N4O3S. The van der Waals surface area contributed by atoms with Crippen molar-refractivity contribution in [2.75, 3.05) is 26.2 Å². The Balaban J connectivity index is 1.63. The molecule has 2 aromatic rings. The van der Waals surface area contributed by atoms with E-state index in [0.29, 0.717) is 24.7 Å². The van der Waals surface area contributed by atoms with Crippen LogP contribution in [0.25, 0.3) is 0 Å². The summed E-state index contributed by atoms with van der Waals surface area (Å²) in [5.74, 6) is 0.243. The molecule has 152 valence electrons. The van der Waals surface area contributed by atoms with Gasteiger partial charge >= 0.3 is 0 Å². The van der Waals surface area contributed by atoms with Gasteiger partial charge in [-0.05, 0) is 37.4 Å². The van der Waals surface area contributed by atoms with Crippen molar-refractivity contribution in [3.8, 4) is 0 Å². The van der Waals surface area contributed by atoms with Crippen molar-refractivity contribution in [3.05, 3.63) is 53.9 Å². The minimum Gasteiger partial charge on any atom is -0.345 e. The molecule has 7 nitrogen and oxygen atoms in total. The number of carbonyl (C=O) groups excluding carboxylic acids is 1. The van der Waals surface area contributed by atoms with E-state index in [1.807, 2.05) is 13.0 Å². The maximum Gasteiger partial charge on any atom is 0.270 e. The Morgan fingerprint density at radius 1 is 1.29 bits per heavy atom. The van der Waals surface area contributed by atoms with Gasteiger partial charge in [0.1, 0.15) is 10.6 Å². The van der Waals surface area contributed by atoms with E-state index in [4.69, 9.17) is 5.14 Å². The van der Waals surface area contributed by atoms with E-state index < -0.39 is 10.0 Å². The van der Waals surface area contributed by atoms with Crippen LogP contribution in [0.4, 0.5) is 0 Å². The molecule has 1 saturated heterocycles. The highest BCUT2D eigenvalue weighted by Gasteiger charge is 2.27. The average Bonchev–Trinajstić information content (AvgIpc) is 3.26. The van der Waals surface area contributed by atoms with Crippen molar-refractivity contribution < 1.29 is 13.2 Å². The normalized spacial score (nSPS) is 17.8. The molecule has 0 spiro atoms. The highest BCUT2D eigenvalue weighted by Crippen LogP contribution is 2.21. The van der Waals surface area contributed by atoms with Gasteiger partial charge in [0.25, 0.3) is 5.91 Å². The number of nitrogens with zero attached hydrogens (tertiary/aromatic N) is 3. The van der Waals surface area contributed by atoms with Gasteiger partial charge < -0.3 is 9.47 Å². The Hall–Kier alpha value is -2.16. The number of primary sulfonamides is 1.